The van der Waals surface area contributed by atoms with Crippen molar-refractivity contribution >= 4 is 39.8 Å². The summed E-state index contributed by atoms with van der Waals surface area (Å²) >= 11 is 0.206. The molecule has 0 aromatic heterocycles. The number of ether oxygens (including phenoxy) is 3. The van der Waals surface area contributed by atoms with E-state index in [0.717, 1.165) is 12.2 Å². The molecular weight excluding hydrogens is 557 g/mol. The third kappa shape index (κ3) is 7.90. The van der Waals surface area contributed by atoms with Crippen molar-refractivity contribution in [3.8, 4) is 17.2 Å². The van der Waals surface area contributed by atoms with E-state index in [1.54, 1.807) is 18.2 Å². The lowest BCUT2D eigenvalue weighted by molar-refractivity contribution is -0.114. The van der Waals surface area contributed by atoms with Gasteiger partial charge in [-0.05, 0) is 73.0 Å². The Kier molecular flexibility index (Phi) is 10.1. The number of alkyl halides is 3. The highest BCUT2D eigenvalue weighted by Gasteiger charge is 2.46. The normalized spacial score (nSPS) is 16.0. The fourth-order valence-electron chi connectivity index (χ4n) is 4.09. The average Bonchev–Trinajstić information content (AvgIpc) is 3.38. The molecular formula is C29H31F3N4O4S. The number of thioether (sulfide) groups is 1. The molecule has 12 heteroatoms. The van der Waals surface area contributed by atoms with E-state index >= 15 is 0 Å². The summed E-state index contributed by atoms with van der Waals surface area (Å²) < 4.78 is 56.5. The van der Waals surface area contributed by atoms with Gasteiger partial charge in [-0.2, -0.15) is 28.3 Å². The topological polar surface area (TPSA) is 96.6 Å². The number of rotatable bonds is 13. The lowest BCUT2D eigenvalue weighted by Gasteiger charge is -2.20. The summed E-state index contributed by atoms with van der Waals surface area (Å²) in [5.41, 5.74) is 1.57. The smallest absolute Gasteiger partial charge is 0.441 e. The largest absolute Gasteiger partial charge is 0.490 e. The van der Waals surface area contributed by atoms with Gasteiger partial charge in [-0.15, -0.1) is 0 Å². The predicted octanol–water partition coefficient (Wildman–Crippen LogP) is 6.85. The molecule has 0 spiro atoms. The number of amides is 1. The van der Waals surface area contributed by atoms with Crippen molar-refractivity contribution in [1.82, 2.24) is 5.01 Å². The van der Waals surface area contributed by atoms with Crippen molar-refractivity contribution in [2.24, 2.45) is 10.1 Å². The van der Waals surface area contributed by atoms with Crippen LogP contribution in [-0.2, 0) is 11.2 Å². The Bertz CT molecular complexity index is 1360. The number of nitrogens with one attached hydrogen (secondary N) is 1. The lowest BCUT2D eigenvalue weighted by atomic mass is 10.1. The summed E-state index contributed by atoms with van der Waals surface area (Å²) in [6.45, 7) is 4.93. The van der Waals surface area contributed by atoms with Crippen molar-refractivity contribution in [2.75, 3.05) is 19.8 Å². The zero-order valence-electron chi connectivity index (χ0n) is 22.8. The second kappa shape index (κ2) is 13.7. The van der Waals surface area contributed by atoms with Crippen molar-refractivity contribution in [1.29, 1.82) is 5.41 Å². The highest BCUT2D eigenvalue weighted by molar-refractivity contribution is 8.27. The Morgan fingerprint density at radius 1 is 0.976 bits per heavy atom. The van der Waals surface area contributed by atoms with Crippen LogP contribution in [0.3, 0.4) is 0 Å². The van der Waals surface area contributed by atoms with Crippen molar-refractivity contribution in [2.45, 2.75) is 52.1 Å². The number of carbonyl (C=O) groups excluding carboxylic acids is 1. The van der Waals surface area contributed by atoms with Gasteiger partial charge in [0.25, 0.3) is 5.91 Å². The monoisotopic (exact) mass is 588 g/mol. The maximum Gasteiger partial charge on any atom is 0.441 e. The molecule has 0 radical (unpaired) electrons. The van der Waals surface area contributed by atoms with Crippen LogP contribution < -0.4 is 14.2 Å². The molecule has 2 aliphatic rings. The van der Waals surface area contributed by atoms with Crippen LogP contribution in [0, 0.1) is 5.41 Å². The summed E-state index contributed by atoms with van der Waals surface area (Å²) in [5, 5.41) is 10.9. The number of carbonyl (C=O) groups is 1. The number of hydrazone groups is 1. The Labute approximate surface area is 240 Å². The zero-order chi connectivity index (χ0) is 29.4. The molecule has 218 valence electrons. The fraction of sp³-hybridized carbons (Fsp3) is 0.379. The van der Waals surface area contributed by atoms with E-state index < -0.39 is 23.0 Å². The Morgan fingerprint density at radius 2 is 1.73 bits per heavy atom. The number of hydrogen-bond donors (Lipinski definition) is 1. The summed E-state index contributed by atoms with van der Waals surface area (Å²) in [4.78, 5) is 16.2. The molecule has 8 nitrogen and oxygen atoms in total. The van der Waals surface area contributed by atoms with E-state index in [-0.39, 0.29) is 29.1 Å². The minimum atomic E-state index is -4.71. The van der Waals surface area contributed by atoms with Gasteiger partial charge in [0.2, 0.25) is 10.2 Å². The highest BCUT2D eigenvalue weighted by Crippen LogP contribution is 2.36. The van der Waals surface area contributed by atoms with Crippen LogP contribution in [0.25, 0.3) is 6.08 Å². The fourth-order valence-corrected chi connectivity index (χ4v) is 4.85. The lowest BCUT2D eigenvalue weighted by Crippen LogP contribution is -2.35. The standard InChI is InChI=1S/C29H31F3N4O4S/c1-3-5-6-7-8-19-9-12-21(13-10-19)39-15-16-40-23-14-11-20(18-24(23)38-4-2)17-22-25(33)36-28(34-26(22)37)41-27(35-36)29(30,31)32/h9-14,17-18,33H,3-8,15-16H2,1-2H3. The zero-order valence-corrected chi connectivity index (χ0v) is 23.6. The minimum Gasteiger partial charge on any atom is -0.490 e. The van der Waals surface area contributed by atoms with E-state index in [0.29, 0.717) is 35.3 Å². The van der Waals surface area contributed by atoms with E-state index in [1.807, 2.05) is 19.1 Å². The van der Waals surface area contributed by atoms with Gasteiger partial charge in [-0.3, -0.25) is 10.2 Å². The molecule has 0 unspecified atom stereocenters. The summed E-state index contributed by atoms with van der Waals surface area (Å²) in [6.07, 6.45) is 2.62. The summed E-state index contributed by atoms with van der Waals surface area (Å²) in [5.74, 6) is 0.300. The van der Waals surface area contributed by atoms with Gasteiger partial charge in [0.15, 0.2) is 17.3 Å². The highest BCUT2D eigenvalue weighted by atomic mass is 32.2. The molecule has 2 aromatic carbocycles. The molecule has 2 aromatic rings. The molecule has 2 aliphatic heterocycles. The number of aryl methyl sites for hydroxylation is 1. The van der Waals surface area contributed by atoms with Crippen LogP contribution in [0.2, 0.25) is 0 Å². The van der Waals surface area contributed by atoms with E-state index in [2.05, 4.69) is 29.2 Å². The number of amidine groups is 2. The van der Waals surface area contributed by atoms with Crippen molar-refractivity contribution in [3.05, 3.63) is 59.2 Å². The molecule has 0 fully saturated rings. The molecule has 41 heavy (non-hydrogen) atoms. The van der Waals surface area contributed by atoms with Crippen molar-refractivity contribution in [3.63, 3.8) is 0 Å². The second-order valence-corrected chi connectivity index (χ2v) is 10.2. The van der Waals surface area contributed by atoms with Crippen LogP contribution in [0.1, 0.15) is 50.7 Å². The quantitative estimate of drug-likeness (QED) is 0.203. The molecule has 1 amide bonds. The van der Waals surface area contributed by atoms with E-state index in [4.69, 9.17) is 19.6 Å². The molecule has 2 heterocycles. The van der Waals surface area contributed by atoms with E-state index in [9.17, 15) is 18.0 Å². The first-order valence-electron chi connectivity index (χ1n) is 13.4. The SMILES string of the molecule is CCCCCCc1ccc(OCCOc2ccc(C=C3C(=N)N4N=C(C(F)(F)F)SC4=NC3=O)cc2OCC)cc1. The minimum absolute atomic E-state index is 0.196. The Hall–Kier alpha value is -3.80. The van der Waals surface area contributed by atoms with Crippen LogP contribution in [0.4, 0.5) is 13.2 Å². The van der Waals surface area contributed by atoms with Crippen LogP contribution >= 0.6 is 11.8 Å². The maximum atomic E-state index is 13.1. The molecule has 1 N–H and O–H groups in total. The number of aliphatic imine (C=N–C) groups is 1. The van der Waals surface area contributed by atoms with Gasteiger partial charge < -0.3 is 14.2 Å². The summed E-state index contributed by atoms with van der Waals surface area (Å²) in [7, 11) is 0. The third-order valence-corrected chi connectivity index (χ3v) is 7.08. The van der Waals surface area contributed by atoms with Crippen LogP contribution in [0.5, 0.6) is 17.2 Å². The molecule has 0 saturated carbocycles. The first-order chi connectivity index (χ1) is 19.7. The van der Waals surface area contributed by atoms with Gasteiger partial charge >= 0.3 is 6.18 Å². The van der Waals surface area contributed by atoms with Crippen LogP contribution in [-0.4, -0.2) is 53.0 Å². The number of hydrogen-bond acceptors (Lipinski definition) is 7. The number of halogens is 3. The first-order valence-corrected chi connectivity index (χ1v) is 14.2. The average molecular weight is 589 g/mol. The van der Waals surface area contributed by atoms with Gasteiger partial charge in [-0.1, -0.05) is 44.4 Å². The predicted molar refractivity (Wildman–Crippen MR) is 154 cm³/mol. The Balaban J connectivity index is 1.36. The summed E-state index contributed by atoms with van der Waals surface area (Å²) in [6, 6.07) is 13.0. The van der Waals surface area contributed by atoms with Crippen molar-refractivity contribution < 1.29 is 32.2 Å². The molecule has 4 rings (SSSR count). The maximum absolute atomic E-state index is 13.1. The third-order valence-electron chi connectivity index (χ3n) is 6.13. The van der Waals surface area contributed by atoms with Crippen LogP contribution in [0.15, 0.2) is 58.1 Å². The number of benzene rings is 2. The van der Waals surface area contributed by atoms with E-state index in [1.165, 1.54) is 37.3 Å². The molecule has 0 saturated heterocycles. The second-order valence-electron chi connectivity index (χ2n) is 9.21. The number of unbranched alkanes of at least 4 members (excludes halogenated alkanes) is 3. The first kappa shape index (κ1) is 30.2. The molecule has 0 atom stereocenters. The number of nitrogens with zero attached hydrogens (tertiary/aromatic N) is 3. The van der Waals surface area contributed by atoms with Gasteiger partial charge in [-0.25, -0.2) is 0 Å². The molecule has 0 aliphatic carbocycles. The van der Waals surface area contributed by atoms with Gasteiger partial charge in [0, 0.05) is 0 Å². The van der Waals surface area contributed by atoms with Gasteiger partial charge in [0.1, 0.15) is 19.0 Å². The Morgan fingerprint density at radius 3 is 2.44 bits per heavy atom. The number of fused-ring (bicyclic) bond motifs is 1. The molecule has 0 bridgehead atoms. The van der Waals surface area contributed by atoms with Gasteiger partial charge in [0.05, 0.1) is 12.2 Å².